The number of aliphatic hydroxyl groups excluding tert-OH is 1. The second-order valence-electron chi connectivity index (χ2n) is 8.88. The van der Waals surface area contributed by atoms with Crippen molar-refractivity contribution in [3.8, 4) is 0 Å². The van der Waals surface area contributed by atoms with Gasteiger partial charge >= 0.3 is 5.97 Å². The molecule has 0 aliphatic carbocycles. The Kier molecular flexibility index (Phi) is 11.7. The fourth-order valence-corrected chi connectivity index (χ4v) is 10.6. The quantitative estimate of drug-likeness (QED) is 0.131. The highest BCUT2D eigenvalue weighted by Crippen LogP contribution is 2.73. The zero-order valence-electron chi connectivity index (χ0n) is 20.9. The summed E-state index contributed by atoms with van der Waals surface area (Å²) in [6.45, 7) is 6.72. The molecule has 1 N–H and O–H groups in total. The molecule has 0 unspecified atom stereocenters. The molecule has 0 bridgehead atoms. The largest absolute Gasteiger partial charge is 0.507 e. The summed E-state index contributed by atoms with van der Waals surface area (Å²) in [6.07, 6.45) is 10.2. The molecule has 0 spiro atoms. The summed E-state index contributed by atoms with van der Waals surface area (Å²) in [5.74, 6) is -0.357. The van der Waals surface area contributed by atoms with Crippen LogP contribution in [0.3, 0.4) is 0 Å². The summed E-state index contributed by atoms with van der Waals surface area (Å²) >= 11 is 0. The number of carbonyl (C=O) groups is 1. The Labute approximate surface area is 201 Å². The SMILES string of the molecule is CCCC[P+](CCCC)(CCCC)[C@@H](/C(C(=O)OC)=C(\O)c1ccccc1)c1ccccc1. The first-order valence-corrected chi connectivity index (χ1v) is 14.9. The molecule has 0 radical (unpaired) electrons. The van der Waals surface area contributed by atoms with E-state index in [9.17, 15) is 9.90 Å². The molecule has 33 heavy (non-hydrogen) atoms. The monoisotopic (exact) mass is 469 g/mol. The molecule has 2 rings (SSSR count). The van der Waals surface area contributed by atoms with Crippen LogP contribution in [0.5, 0.6) is 0 Å². The minimum absolute atomic E-state index is 0.0603. The topological polar surface area (TPSA) is 46.5 Å². The van der Waals surface area contributed by atoms with Crippen LogP contribution in [0.15, 0.2) is 66.2 Å². The number of hydrogen-bond acceptors (Lipinski definition) is 3. The minimum Gasteiger partial charge on any atom is -0.507 e. The molecule has 4 heteroatoms. The van der Waals surface area contributed by atoms with Crippen molar-refractivity contribution in [3.63, 3.8) is 0 Å². The van der Waals surface area contributed by atoms with Gasteiger partial charge in [-0.25, -0.2) is 4.79 Å². The number of carbonyl (C=O) groups excluding carboxylic acids is 1. The number of methoxy groups -OCH3 is 1. The third-order valence-electron chi connectivity index (χ3n) is 6.52. The van der Waals surface area contributed by atoms with Crippen molar-refractivity contribution in [1.82, 2.24) is 0 Å². The second kappa shape index (κ2) is 14.2. The number of rotatable bonds is 14. The highest BCUT2D eigenvalue weighted by molar-refractivity contribution is 7.76. The molecule has 0 saturated heterocycles. The van der Waals surface area contributed by atoms with E-state index in [1.807, 2.05) is 48.5 Å². The van der Waals surface area contributed by atoms with Gasteiger partial charge in [-0.3, -0.25) is 0 Å². The molecular formula is C29H42O3P+. The first-order chi connectivity index (χ1) is 16.0. The zero-order chi connectivity index (χ0) is 24.1. The van der Waals surface area contributed by atoms with Crippen LogP contribution in [-0.4, -0.2) is 36.7 Å². The molecular weight excluding hydrogens is 427 g/mol. The lowest BCUT2D eigenvalue weighted by molar-refractivity contribution is -0.136. The lowest BCUT2D eigenvalue weighted by Gasteiger charge is -2.36. The van der Waals surface area contributed by atoms with Crippen LogP contribution < -0.4 is 0 Å². The molecule has 0 aromatic heterocycles. The summed E-state index contributed by atoms with van der Waals surface area (Å²) in [6, 6.07) is 19.8. The average molecular weight is 470 g/mol. The van der Waals surface area contributed by atoms with E-state index < -0.39 is 13.2 Å². The van der Waals surface area contributed by atoms with Crippen molar-refractivity contribution in [2.24, 2.45) is 0 Å². The van der Waals surface area contributed by atoms with Crippen LogP contribution >= 0.6 is 7.26 Å². The maximum absolute atomic E-state index is 13.4. The lowest BCUT2D eigenvalue weighted by atomic mass is 10.00. The summed E-state index contributed by atoms with van der Waals surface area (Å²) in [5.41, 5.74) is 2.10. The van der Waals surface area contributed by atoms with Gasteiger partial charge in [-0.15, -0.1) is 0 Å². The van der Waals surface area contributed by atoms with Gasteiger partial charge in [0.05, 0.1) is 25.6 Å². The fourth-order valence-electron chi connectivity index (χ4n) is 4.73. The smallest absolute Gasteiger partial charge is 0.341 e. The molecule has 0 saturated carbocycles. The molecule has 180 valence electrons. The predicted octanol–water partition coefficient (Wildman–Crippen LogP) is 8.29. The zero-order valence-corrected chi connectivity index (χ0v) is 21.8. The second-order valence-corrected chi connectivity index (χ2v) is 13.2. The fraction of sp³-hybridized carbons (Fsp3) is 0.483. The standard InChI is InChI=1S/C29H41O3P/c1-5-8-21-33(22-9-6-2,23-10-7-3)28(25-19-15-12-16-20-25)26(29(31)32-4)27(30)24-17-13-11-14-18-24/h11-20,28H,5-10,21-23H2,1-4H3/p+1/t28-/m1/s1. The number of unbranched alkanes of at least 4 members (excludes halogenated alkanes) is 3. The molecule has 3 nitrogen and oxygen atoms in total. The Bertz CT molecular complexity index is 839. The van der Waals surface area contributed by atoms with Crippen LogP contribution in [0.1, 0.15) is 76.1 Å². The van der Waals surface area contributed by atoms with Crippen molar-refractivity contribution < 1.29 is 14.6 Å². The Morgan fingerprint density at radius 2 is 1.27 bits per heavy atom. The maximum atomic E-state index is 13.4. The van der Waals surface area contributed by atoms with E-state index in [4.69, 9.17) is 4.74 Å². The first-order valence-electron chi connectivity index (χ1n) is 12.5. The van der Waals surface area contributed by atoms with Crippen LogP contribution in [-0.2, 0) is 9.53 Å². The third-order valence-corrected chi connectivity index (χ3v) is 11.8. The minimum atomic E-state index is -1.69. The summed E-state index contributed by atoms with van der Waals surface area (Å²) < 4.78 is 5.33. The Balaban J connectivity index is 2.85. The number of benzene rings is 2. The van der Waals surface area contributed by atoms with Crippen molar-refractivity contribution in [2.45, 2.75) is 65.0 Å². The van der Waals surface area contributed by atoms with Crippen LogP contribution in [0.4, 0.5) is 0 Å². The van der Waals surface area contributed by atoms with Gasteiger partial charge in [-0.1, -0.05) is 101 Å². The van der Waals surface area contributed by atoms with E-state index in [0.717, 1.165) is 62.6 Å². The summed E-state index contributed by atoms with van der Waals surface area (Å²) in [7, 11) is -0.270. The number of esters is 1. The molecule has 0 amide bonds. The Morgan fingerprint density at radius 3 is 1.70 bits per heavy atom. The third kappa shape index (κ3) is 7.18. The van der Waals surface area contributed by atoms with E-state index in [0.29, 0.717) is 11.1 Å². The highest BCUT2D eigenvalue weighted by atomic mass is 31.2. The van der Waals surface area contributed by atoms with Gasteiger partial charge in [0.15, 0.2) is 0 Å². The van der Waals surface area contributed by atoms with Gasteiger partial charge in [0.2, 0.25) is 0 Å². The van der Waals surface area contributed by atoms with Crippen LogP contribution in [0, 0.1) is 0 Å². The number of aliphatic hydroxyl groups is 1. The van der Waals surface area contributed by atoms with Gasteiger partial charge in [0.25, 0.3) is 0 Å². The molecule has 2 aromatic carbocycles. The lowest BCUT2D eigenvalue weighted by Crippen LogP contribution is -2.24. The van der Waals surface area contributed by atoms with Crippen molar-refractivity contribution in [1.29, 1.82) is 0 Å². The average Bonchev–Trinajstić information content (AvgIpc) is 2.87. The van der Waals surface area contributed by atoms with E-state index in [1.54, 1.807) is 0 Å². The van der Waals surface area contributed by atoms with Crippen LogP contribution in [0.25, 0.3) is 5.76 Å². The van der Waals surface area contributed by atoms with Gasteiger partial charge in [-0.05, 0) is 24.8 Å². The maximum Gasteiger partial charge on any atom is 0.341 e. The normalized spacial score (nSPS) is 13.3. The van der Waals surface area contributed by atoms with Gasteiger partial charge in [-0.2, -0.15) is 0 Å². The van der Waals surface area contributed by atoms with Gasteiger partial charge < -0.3 is 9.84 Å². The first kappa shape index (κ1) is 27.1. The summed E-state index contributed by atoms with van der Waals surface area (Å²) in [4.78, 5) is 13.4. The number of hydrogen-bond donors (Lipinski definition) is 1. The molecule has 2 aromatic rings. The van der Waals surface area contributed by atoms with Crippen molar-refractivity contribution >= 4 is 19.0 Å². The number of ether oxygens (including phenoxy) is 1. The van der Waals surface area contributed by atoms with E-state index in [2.05, 4.69) is 32.9 Å². The van der Waals surface area contributed by atoms with Crippen LogP contribution in [0.2, 0.25) is 0 Å². The highest BCUT2D eigenvalue weighted by Gasteiger charge is 2.50. The summed E-state index contributed by atoms with van der Waals surface area (Å²) in [5, 5.41) is 11.5. The molecule has 0 fully saturated rings. The Hall–Kier alpha value is -2.12. The van der Waals surface area contributed by atoms with E-state index in [-0.39, 0.29) is 11.4 Å². The van der Waals surface area contributed by atoms with Gasteiger partial charge in [0, 0.05) is 12.8 Å². The molecule has 1 atom stereocenters. The molecule has 0 aliphatic rings. The predicted molar refractivity (Wildman–Crippen MR) is 143 cm³/mol. The van der Waals surface area contributed by atoms with Crippen molar-refractivity contribution in [2.75, 3.05) is 25.6 Å². The van der Waals surface area contributed by atoms with E-state index in [1.165, 1.54) is 7.11 Å². The van der Waals surface area contributed by atoms with Gasteiger partial charge in [0.1, 0.15) is 17.0 Å². The molecule has 0 aliphatic heterocycles. The molecule has 0 heterocycles. The van der Waals surface area contributed by atoms with Crippen molar-refractivity contribution in [3.05, 3.63) is 77.4 Å². The van der Waals surface area contributed by atoms with E-state index >= 15 is 0 Å². The Morgan fingerprint density at radius 1 is 0.818 bits per heavy atom.